The predicted molar refractivity (Wildman–Crippen MR) is 228 cm³/mol. The summed E-state index contributed by atoms with van der Waals surface area (Å²) >= 11 is 0. The minimum Gasteiger partial charge on any atom is -0.335 e. The summed E-state index contributed by atoms with van der Waals surface area (Å²) in [5.41, 5.74) is 22.9. The third-order valence-corrected chi connectivity index (χ3v) is 14.7. The monoisotopic (exact) mass is 694 g/mol. The maximum atomic E-state index is 2.89. The average molecular weight is 695 g/mol. The summed E-state index contributed by atoms with van der Waals surface area (Å²) in [6, 6.07) is 34.0. The first kappa shape index (κ1) is 33.3. The van der Waals surface area contributed by atoms with Crippen molar-refractivity contribution in [3.8, 4) is 11.1 Å². The second kappa shape index (κ2) is 10.3. The van der Waals surface area contributed by atoms with E-state index in [1.807, 2.05) is 0 Å². The maximum Gasteiger partial charge on any atom is 0.252 e. The summed E-state index contributed by atoms with van der Waals surface area (Å²) < 4.78 is 0. The molecule has 2 aliphatic carbocycles. The van der Waals surface area contributed by atoms with Crippen LogP contribution in [-0.4, -0.2) is 12.3 Å². The molecule has 53 heavy (non-hydrogen) atoms. The predicted octanol–water partition coefficient (Wildman–Crippen LogP) is 11.3. The molecule has 5 aromatic rings. The molecule has 1 fully saturated rings. The van der Waals surface area contributed by atoms with Crippen LogP contribution in [0.15, 0.2) is 84.9 Å². The first-order valence-electron chi connectivity index (χ1n) is 20.3. The lowest BCUT2D eigenvalue weighted by atomic mass is 9.32. The van der Waals surface area contributed by atoms with Gasteiger partial charge in [0.15, 0.2) is 0 Å². The highest BCUT2D eigenvalue weighted by atomic mass is 15.3. The van der Waals surface area contributed by atoms with Crippen molar-refractivity contribution >= 4 is 51.5 Å². The SMILES string of the molecule is Cc1cc2c3c(c1)N1c4c(cc(C(C)(C)C)cc4C4(C)CCCCC14C)B3c1c(ccc3c1-c1ccccc1C3(C)C)N2c1ccc(C(C)(C)C)cc1. The highest BCUT2D eigenvalue weighted by Crippen LogP contribution is 2.62. The van der Waals surface area contributed by atoms with Crippen LogP contribution in [0.2, 0.25) is 0 Å². The number of anilines is 5. The van der Waals surface area contributed by atoms with Gasteiger partial charge in [-0.3, -0.25) is 0 Å². The molecule has 0 aromatic heterocycles. The van der Waals surface area contributed by atoms with E-state index in [0.29, 0.717) is 0 Å². The number of nitrogens with zero attached hydrogens (tertiary/aromatic N) is 2. The zero-order valence-electron chi connectivity index (χ0n) is 33.9. The summed E-state index contributed by atoms with van der Waals surface area (Å²) in [6.45, 7) is 26.7. The Kier molecular flexibility index (Phi) is 6.47. The van der Waals surface area contributed by atoms with Crippen molar-refractivity contribution in [1.82, 2.24) is 0 Å². The molecule has 10 rings (SSSR count). The van der Waals surface area contributed by atoms with Gasteiger partial charge in [-0.25, -0.2) is 0 Å². The zero-order chi connectivity index (χ0) is 37.2. The Hall–Kier alpha value is -4.24. The summed E-state index contributed by atoms with van der Waals surface area (Å²) in [5, 5.41) is 0. The Morgan fingerprint density at radius 3 is 2.02 bits per heavy atom. The van der Waals surface area contributed by atoms with Gasteiger partial charge in [0.2, 0.25) is 0 Å². The molecule has 3 heteroatoms. The molecule has 268 valence electrons. The van der Waals surface area contributed by atoms with Gasteiger partial charge in [0.25, 0.3) is 6.71 Å². The van der Waals surface area contributed by atoms with Gasteiger partial charge >= 0.3 is 0 Å². The molecule has 3 heterocycles. The van der Waals surface area contributed by atoms with Gasteiger partial charge in [0.05, 0.1) is 5.54 Å². The van der Waals surface area contributed by atoms with E-state index < -0.39 is 0 Å². The molecule has 3 aliphatic heterocycles. The summed E-state index contributed by atoms with van der Waals surface area (Å²) in [7, 11) is 0. The van der Waals surface area contributed by atoms with Crippen molar-refractivity contribution in [2.24, 2.45) is 0 Å². The van der Waals surface area contributed by atoms with Crippen LogP contribution in [0.1, 0.15) is 128 Å². The van der Waals surface area contributed by atoms with E-state index in [9.17, 15) is 0 Å². The molecule has 0 N–H and O–H groups in total. The molecule has 1 saturated carbocycles. The Balaban J connectivity index is 1.37. The molecule has 2 unspecified atom stereocenters. The van der Waals surface area contributed by atoms with Gasteiger partial charge in [0.1, 0.15) is 0 Å². The van der Waals surface area contributed by atoms with Crippen molar-refractivity contribution < 1.29 is 0 Å². The Morgan fingerprint density at radius 1 is 0.623 bits per heavy atom. The number of hydrogen-bond acceptors (Lipinski definition) is 2. The Morgan fingerprint density at radius 2 is 1.30 bits per heavy atom. The zero-order valence-corrected chi connectivity index (χ0v) is 33.9. The van der Waals surface area contributed by atoms with Crippen molar-refractivity contribution in [3.05, 3.63) is 118 Å². The third kappa shape index (κ3) is 4.12. The Bertz CT molecular complexity index is 2400. The van der Waals surface area contributed by atoms with E-state index in [1.54, 1.807) is 5.56 Å². The van der Waals surface area contributed by atoms with Crippen molar-refractivity contribution in [3.63, 3.8) is 0 Å². The van der Waals surface area contributed by atoms with E-state index in [4.69, 9.17) is 0 Å². The van der Waals surface area contributed by atoms with Crippen LogP contribution in [0.5, 0.6) is 0 Å². The number of aryl methyl sites for hydroxylation is 1. The van der Waals surface area contributed by atoms with Crippen molar-refractivity contribution in [1.29, 1.82) is 0 Å². The van der Waals surface area contributed by atoms with Gasteiger partial charge in [-0.15, -0.1) is 0 Å². The van der Waals surface area contributed by atoms with Crippen LogP contribution >= 0.6 is 0 Å². The standard InChI is InChI=1S/C50H55BN2/c1-30-26-40-43-41(27-30)53-45-37(49(10)24-14-15-25-50(49,53)11)28-32(47(5,6)7)29-38(45)51(43)44-39(52(40)33-20-18-31(19-21-33)46(2,3)4)23-22-36-42(44)34-16-12-13-17-35(34)48(36,8)9/h12-13,16-23,26-29H,14-15,24-25H2,1-11H3. The molecule has 0 saturated heterocycles. The minimum atomic E-state index is -0.0810. The van der Waals surface area contributed by atoms with Crippen LogP contribution in [0.25, 0.3) is 11.1 Å². The molecule has 5 aliphatic rings. The van der Waals surface area contributed by atoms with Gasteiger partial charge in [-0.1, -0.05) is 130 Å². The smallest absolute Gasteiger partial charge is 0.252 e. The molecule has 0 radical (unpaired) electrons. The highest BCUT2D eigenvalue weighted by Gasteiger charge is 2.62. The summed E-state index contributed by atoms with van der Waals surface area (Å²) in [5.74, 6) is 0. The maximum absolute atomic E-state index is 2.89. The number of rotatable bonds is 1. The van der Waals surface area contributed by atoms with E-state index in [2.05, 4.69) is 171 Å². The molecule has 2 atom stereocenters. The molecule has 0 bridgehead atoms. The quantitative estimate of drug-likeness (QED) is 0.158. The molecule has 0 spiro atoms. The first-order valence-corrected chi connectivity index (χ1v) is 20.3. The number of hydrogen-bond donors (Lipinski definition) is 0. The van der Waals surface area contributed by atoms with E-state index in [1.165, 1.54) is 109 Å². The van der Waals surface area contributed by atoms with E-state index in [-0.39, 0.29) is 33.9 Å². The minimum absolute atomic E-state index is 0.00192. The van der Waals surface area contributed by atoms with Crippen molar-refractivity contribution in [2.75, 3.05) is 9.80 Å². The average Bonchev–Trinajstić information content (AvgIpc) is 3.47. The molecular weight excluding hydrogens is 639 g/mol. The Labute approximate surface area is 318 Å². The van der Waals surface area contributed by atoms with Gasteiger partial charge in [0, 0.05) is 39.3 Å². The van der Waals surface area contributed by atoms with Crippen molar-refractivity contribution in [2.45, 2.75) is 129 Å². The molecule has 5 aromatic carbocycles. The lowest BCUT2D eigenvalue weighted by Gasteiger charge is -2.53. The third-order valence-electron chi connectivity index (χ3n) is 14.7. The fourth-order valence-electron chi connectivity index (χ4n) is 11.6. The second-order valence-corrected chi connectivity index (χ2v) is 20.2. The summed E-state index contributed by atoms with van der Waals surface area (Å²) in [4.78, 5) is 5.52. The van der Waals surface area contributed by atoms with Crippen LogP contribution in [-0.2, 0) is 21.7 Å². The molecule has 0 amide bonds. The normalized spacial score (nSPS) is 22.9. The van der Waals surface area contributed by atoms with Gasteiger partial charge < -0.3 is 9.80 Å². The topological polar surface area (TPSA) is 6.48 Å². The van der Waals surface area contributed by atoms with Gasteiger partial charge in [-0.2, -0.15) is 0 Å². The number of fused-ring (bicyclic) bond motifs is 11. The first-order chi connectivity index (χ1) is 25.0. The number of benzene rings is 5. The fourth-order valence-corrected chi connectivity index (χ4v) is 11.6. The fraction of sp³-hybridized carbons (Fsp3) is 0.400. The van der Waals surface area contributed by atoms with E-state index in [0.717, 1.165) is 0 Å². The second-order valence-electron chi connectivity index (χ2n) is 20.2. The largest absolute Gasteiger partial charge is 0.335 e. The lowest BCUT2D eigenvalue weighted by molar-refractivity contribution is 0.195. The van der Waals surface area contributed by atoms with Crippen LogP contribution < -0.4 is 26.2 Å². The molecular formula is C50H55BN2. The van der Waals surface area contributed by atoms with Gasteiger partial charge in [-0.05, 0) is 129 Å². The lowest BCUT2D eigenvalue weighted by Crippen LogP contribution is -2.65. The van der Waals surface area contributed by atoms with Crippen LogP contribution in [0, 0.1) is 6.92 Å². The van der Waals surface area contributed by atoms with E-state index >= 15 is 0 Å². The van der Waals surface area contributed by atoms with Crippen LogP contribution in [0.3, 0.4) is 0 Å². The van der Waals surface area contributed by atoms with Crippen LogP contribution in [0.4, 0.5) is 28.4 Å². The molecule has 2 nitrogen and oxygen atoms in total. The summed E-state index contributed by atoms with van der Waals surface area (Å²) in [6.07, 6.45) is 5.02. The highest BCUT2D eigenvalue weighted by molar-refractivity contribution is 7.01.